The topological polar surface area (TPSA) is 77.8 Å². The van der Waals surface area contributed by atoms with Gasteiger partial charge in [0.1, 0.15) is 17.1 Å². The number of ether oxygens (including phenoxy) is 2. The first kappa shape index (κ1) is 24.8. The average molecular weight is 497 g/mol. The number of carbonyl (C=O) groups excluding carboxylic acids is 1. The van der Waals surface area contributed by atoms with Crippen molar-refractivity contribution >= 4 is 16.9 Å². The number of hydrogen-bond donors (Lipinski definition) is 1. The van der Waals surface area contributed by atoms with E-state index in [1.807, 2.05) is 37.3 Å². The van der Waals surface area contributed by atoms with Crippen LogP contribution < -0.4 is 20.2 Å². The molecular weight excluding hydrogens is 475 g/mol. The number of halogens is 3. The summed E-state index contributed by atoms with van der Waals surface area (Å²) < 4.78 is 57.1. The molecule has 1 N–H and O–H groups in total. The molecule has 0 fully saturated rings. The Morgan fingerprint density at radius 2 is 1.64 bits per heavy atom. The standard InChI is InChI=1S/C27H22F3NO5/c1-2-17-8-10-19(11-9-17)35-25-24(33)21-13-12-20(14-22(21)36-26(25)27(28,29)30)34-16-23(32)31-15-18-6-4-3-5-7-18/h3-14H,2,15-16H2,1H3,(H,31,32). The van der Waals surface area contributed by atoms with Gasteiger partial charge in [-0.05, 0) is 41.8 Å². The highest BCUT2D eigenvalue weighted by atomic mass is 19.4. The molecule has 0 saturated heterocycles. The van der Waals surface area contributed by atoms with Gasteiger partial charge in [0.15, 0.2) is 6.61 Å². The summed E-state index contributed by atoms with van der Waals surface area (Å²) in [5.74, 6) is -2.79. The predicted octanol–water partition coefficient (Wildman–Crippen LogP) is 5.86. The Bertz CT molecular complexity index is 1410. The molecule has 1 aromatic heterocycles. The Hall–Kier alpha value is -4.27. The third-order valence-corrected chi connectivity index (χ3v) is 5.33. The summed E-state index contributed by atoms with van der Waals surface area (Å²) in [6, 6.07) is 19.4. The zero-order chi connectivity index (χ0) is 25.7. The van der Waals surface area contributed by atoms with E-state index in [4.69, 9.17) is 13.9 Å². The molecule has 0 radical (unpaired) electrons. The third kappa shape index (κ3) is 5.86. The van der Waals surface area contributed by atoms with E-state index in [-0.39, 0.29) is 29.1 Å². The monoisotopic (exact) mass is 497 g/mol. The van der Waals surface area contributed by atoms with E-state index < -0.39 is 29.0 Å². The molecule has 0 aliphatic carbocycles. The summed E-state index contributed by atoms with van der Waals surface area (Å²) in [5.41, 5.74) is 0.543. The molecule has 6 nitrogen and oxygen atoms in total. The molecule has 9 heteroatoms. The lowest BCUT2D eigenvalue weighted by atomic mass is 10.1. The predicted molar refractivity (Wildman–Crippen MR) is 127 cm³/mol. The number of carbonyl (C=O) groups is 1. The van der Waals surface area contributed by atoms with Crippen LogP contribution in [-0.2, 0) is 23.9 Å². The molecule has 0 spiro atoms. The lowest BCUT2D eigenvalue weighted by molar-refractivity contribution is -0.154. The third-order valence-electron chi connectivity index (χ3n) is 5.33. The average Bonchev–Trinajstić information content (AvgIpc) is 2.88. The Morgan fingerprint density at radius 3 is 2.31 bits per heavy atom. The highest BCUT2D eigenvalue weighted by Crippen LogP contribution is 2.38. The van der Waals surface area contributed by atoms with Crippen molar-refractivity contribution < 1.29 is 31.9 Å². The number of aryl methyl sites for hydroxylation is 1. The Labute approximate surface area is 204 Å². The van der Waals surface area contributed by atoms with Crippen molar-refractivity contribution in [1.82, 2.24) is 5.32 Å². The molecule has 4 rings (SSSR count). The van der Waals surface area contributed by atoms with Gasteiger partial charge < -0.3 is 19.2 Å². The van der Waals surface area contributed by atoms with E-state index in [1.54, 1.807) is 12.1 Å². The van der Waals surface area contributed by atoms with Gasteiger partial charge in [0.05, 0.1) is 5.39 Å². The van der Waals surface area contributed by atoms with Crippen LogP contribution in [0.25, 0.3) is 11.0 Å². The highest BCUT2D eigenvalue weighted by molar-refractivity contribution is 5.80. The Kier molecular flexibility index (Phi) is 7.28. The fourth-order valence-electron chi connectivity index (χ4n) is 3.43. The van der Waals surface area contributed by atoms with Crippen molar-refractivity contribution in [3.8, 4) is 17.2 Å². The molecule has 0 bridgehead atoms. The zero-order valence-corrected chi connectivity index (χ0v) is 19.2. The van der Waals surface area contributed by atoms with Crippen LogP contribution in [-0.4, -0.2) is 12.5 Å². The molecule has 4 aromatic rings. The van der Waals surface area contributed by atoms with Crippen LogP contribution in [0.2, 0.25) is 0 Å². The van der Waals surface area contributed by atoms with E-state index in [2.05, 4.69) is 5.32 Å². The maximum Gasteiger partial charge on any atom is 0.453 e. The van der Waals surface area contributed by atoms with Crippen molar-refractivity contribution in [1.29, 1.82) is 0 Å². The largest absolute Gasteiger partial charge is 0.484 e. The summed E-state index contributed by atoms with van der Waals surface area (Å²) in [7, 11) is 0. The van der Waals surface area contributed by atoms with Crippen molar-refractivity contribution in [2.24, 2.45) is 0 Å². The first-order valence-electron chi connectivity index (χ1n) is 11.1. The van der Waals surface area contributed by atoms with Crippen LogP contribution in [0.1, 0.15) is 23.8 Å². The van der Waals surface area contributed by atoms with Crippen LogP contribution in [0.15, 0.2) is 82.0 Å². The van der Waals surface area contributed by atoms with Crippen LogP contribution >= 0.6 is 0 Å². The second-order valence-electron chi connectivity index (χ2n) is 7.90. The second-order valence-corrected chi connectivity index (χ2v) is 7.90. The lowest BCUT2D eigenvalue weighted by Crippen LogP contribution is -2.28. The fourth-order valence-corrected chi connectivity index (χ4v) is 3.43. The van der Waals surface area contributed by atoms with Gasteiger partial charge in [-0.3, -0.25) is 9.59 Å². The maximum absolute atomic E-state index is 13.8. The molecule has 186 valence electrons. The summed E-state index contributed by atoms with van der Waals surface area (Å²) in [6.45, 7) is 1.86. The van der Waals surface area contributed by atoms with E-state index in [1.165, 1.54) is 24.3 Å². The van der Waals surface area contributed by atoms with Crippen molar-refractivity contribution in [3.63, 3.8) is 0 Å². The van der Waals surface area contributed by atoms with E-state index >= 15 is 0 Å². The van der Waals surface area contributed by atoms with Crippen molar-refractivity contribution in [2.75, 3.05) is 6.61 Å². The van der Waals surface area contributed by atoms with Gasteiger partial charge in [0.25, 0.3) is 11.7 Å². The highest BCUT2D eigenvalue weighted by Gasteiger charge is 2.40. The smallest absolute Gasteiger partial charge is 0.453 e. The van der Waals surface area contributed by atoms with Crippen molar-refractivity contribution in [2.45, 2.75) is 26.1 Å². The fraction of sp³-hybridized carbons (Fsp3) is 0.185. The van der Waals surface area contributed by atoms with Gasteiger partial charge in [-0.1, -0.05) is 49.4 Å². The minimum absolute atomic E-state index is 0.0671. The summed E-state index contributed by atoms with van der Waals surface area (Å²) in [6.07, 6.45) is -4.24. The van der Waals surface area contributed by atoms with Gasteiger partial charge >= 0.3 is 6.18 Å². The number of alkyl halides is 3. The Morgan fingerprint density at radius 1 is 0.944 bits per heavy atom. The number of amides is 1. The molecule has 0 saturated carbocycles. The first-order chi connectivity index (χ1) is 17.2. The van der Waals surface area contributed by atoms with E-state index in [0.29, 0.717) is 6.54 Å². The molecule has 3 aromatic carbocycles. The number of benzene rings is 3. The van der Waals surface area contributed by atoms with Gasteiger partial charge in [-0.25, -0.2) is 0 Å². The lowest BCUT2D eigenvalue weighted by Gasteiger charge is -2.14. The molecule has 0 unspecified atom stereocenters. The summed E-state index contributed by atoms with van der Waals surface area (Å²) in [4.78, 5) is 25.0. The SMILES string of the molecule is CCc1ccc(Oc2c(C(F)(F)F)oc3cc(OCC(=O)NCc4ccccc4)ccc3c2=O)cc1. The molecule has 1 amide bonds. The molecule has 0 atom stereocenters. The first-order valence-corrected chi connectivity index (χ1v) is 11.1. The summed E-state index contributed by atoms with van der Waals surface area (Å²) in [5, 5.41) is 2.56. The van der Waals surface area contributed by atoms with Gasteiger partial charge in [-0.2, -0.15) is 13.2 Å². The molecule has 1 heterocycles. The number of fused-ring (bicyclic) bond motifs is 1. The zero-order valence-electron chi connectivity index (χ0n) is 19.2. The molecule has 0 aliphatic heterocycles. The van der Waals surface area contributed by atoms with Crippen LogP contribution in [0.3, 0.4) is 0 Å². The van der Waals surface area contributed by atoms with E-state index in [9.17, 15) is 22.8 Å². The summed E-state index contributed by atoms with van der Waals surface area (Å²) >= 11 is 0. The van der Waals surface area contributed by atoms with Crippen LogP contribution in [0, 0.1) is 0 Å². The normalized spacial score (nSPS) is 11.3. The number of rotatable bonds is 8. The minimum atomic E-state index is -4.99. The van der Waals surface area contributed by atoms with Crippen LogP contribution in [0.4, 0.5) is 13.2 Å². The molecule has 0 aliphatic rings. The minimum Gasteiger partial charge on any atom is -0.484 e. The van der Waals surface area contributed by atoms with E-state index in [0.717, 1.165) is 23.6 Å². The van der Waals surface area contributed by atoms with Crippen molar-refractivity contribution in [3.05, 3.63) is 99.9 Å². The number of hydrogen-bond acceptors (Lipinski definition) is 5. The maximum atomic E-state index is 13.8. The Balaban J connectivity index is 1.55. The van der Waals surface area contributed by atoms with Gasteiger partial charge in [-0.15, -0.1) is 0 Å². The molecule has 36 heavy (non-hydrogen) atoms. The molecular formula is C27H22F3NO5. The quantitative estimate of drug-likeness (QED) is 0.330. The second kappa shape index (κ2) is 10.6. The number of nitrogens with one attached hydrogen (secondary N) is 1. The van der Waals surface area contributed by atoms with Crippen LogP contribution in [0.5, 0.6) is 17.2 Å². The van der Waals surface area contributed by atoms with Gasteiger partial charge in [0.2, 0.25) is 11.2 Å². The van der Waals surface area contributed by atoms with Gasteiger partial charge in [0, 0.05) is 12.6 Å².